The molecular weight excluding hydrogens is 228 g/mol. The Bertz CT molecular complexity index is 435. The summed E-state index contributed by atoms with van der Waals surface area (Å²) in [7, 11) is 0. The van der Waals surface area contributed by atoms with Crippen molar-refractivity contribution in [3.05, 3.63) is 35.9 Å². The number of ether oxygens (including phenoxy) is 1. The first-order valence-corrected chi connectivity index (χ1v) is 6.11. The molecule has 1 aromatic rings. The molecule has 2 rings (SSSR count). The molecule has 1 amide bonds. The number of nitrogens with one attached hydrogen (secondary N) is 1. The Morgan fingerprint density at radius 1 is 1.44 bits per heavy atom. The molecule has 1 fully saturated rings. The lowest BCUT2D eigenvalue weighted by atomic mass is 10.2. The Labute approximate surface area is 107 Å². The van der Waals surface area contributed by atoms with E-state index >= 15 is 0 Å². The summed E-state index contributed by atoms with van der Waals surface area (Å²) in [6.07, 6.45) is 1.88. The van der Waals surface area contributed by atoms with E-state index in [9.17, 15) is 4.79 Å². The molecule has 0 radical (unpaired) electrons. The predicted molar refractivity (Wildman–Crippen MR) is 66.4 cm³/mol. The van der Waals surface area contributed by atoms with Crippen LogP contribution >= 0.6 is 0 Å². The third-order valence-corrected chi connectivity index (χ3v) is 2.82. The van der Waals surface area contributed by atoms with Crippen molar-refractivity contribution in [2.45, 2.75) is 25.5 Å². The van der Waals surface area contributed by atoms with Crippen molar-refractivity contribution >= 4 is 5.91 Å². The van der Waals surface area contributed by atoms with Crippen molar-refractivity contribution in [2.24, 2.45) is 5.92 Å². The third-order valence-electron chi connectivity index (χ3n) is 2.82. The van der Waals surface area contributed by atoms with E-state index in [2.05, 4.69) is 5.32 Å². The summed E-state index contributed by atoms with van der Waals surface area (Å²) < 4.78 is 5.44. The number of benzene rings is 1. The van der Waals surface area contributed by atoms with Gasteiger partial charge in [-0.3, -0.25) is 4.79 Å². The Morgan fingerprint density at radius 2 is 2.17 bits per heavy atom. The van der Waals surface area contributed by atoms with Crippen LogP contribution in [0.25, 0.3) is 0 Å². The molecule has 1 aliphatic carbocycles. The summed E-state index contributed by atoms with van der Waals surface area (Å²) in [5.74, 6) is 0.0971. The molecule has 4 heteroatoms. The Morgan fingerprint density at radius 3 is 2.78 bits per heavy atom. The molecule has 94 valence electrons. The molecule has 1 N–H and O–H groups in total. The number of rotatable bonds is 6. The molecule has 1 atom stereocenters. The third kappa shape index (κ3) is 3.86. The zero-order chi connectivity index (χ0) is 12.8. The molecule has 4 nitrogen and oxygen atoms in total. The summed E-state index contributed by atoms with van der Waals surface area (Å²) in [5, 5.41) is 11.6. The van der Waals surface area contributed by atoms with Gasteiger partial charge < -0.3 is 10.1 Å². The summed E-state index contributed by atoms with van der Waals surface area (Å²) in [5.41, 5.74) is 1.06. The lowest BCUT2D eigenvalue weighted by molar-refractivity contribution is -0.123. The van der Waals surface area contributed by atoms with Gasteiger partial charge in [-0.25, -0.2) is 0 Å². The Hall–Kier alpha value is -1.86. The summed E-state index contributed by atoms with van der Waals surface area (Å²) in [4.78, 5) is 11.5. The minimum absolute atomic E-state index is 0.0233. The zero-order valence-electron chi connectivity index (χ0n) is 10.1. The van der Waals surface area contributed by atoms with Crippen LogP contribution in [0.5, 0.6) is 0 Å². The quantitative estimate of drug-likeness (QED) is 0.827. The van der Waals surface area contributed by atoms with Crippen molar-refractivity contribution in [3.63, 3.8) is 0 Å². The average Bonchev–Trinajstić information content (AvgIpc) is 3.23. The Kier molecular flexibility index (Phi) is 4.32. The van der Waals surface area contributed by atoms with E-state index in [1.807, 2.05) is 36.4 Å². The highest BCUT2D eigenvalue weighted by molar-refractivity contribution is 5.81. The molecular formula is C14H16N2O2. The minimum atomic E-state index is -0.554. The van der Waals surface area contributed by atoms with Crippen molar-refractivity contribution in [3.8, 4) is 6.07 Å². The van der Waals surface area contributed by atoms with E-state index in [0.717, 1.165) is 18.4 Å². The van der Waals surface area contributed by atoms with Crippen molar-refractivity contribution in [2.75, 3.05) is 6.61 Å². The van der Waals surface area contributed by atoms with Gasteiger partial charge in [-0.1, -0.05) is 30.3 Å². The second-order valence-corrected chi connectivity index (χ2v) is 4.47. The van der Waals surface area contributed by atoms with E-state index in [4.69, 9.17) is 10.00 Å². The first kappa shape index (κ1) is 12.6. The van der Waals surface area contributed by atoms with Crippen LogP contribution in [0.4, 0.5) is 0 Å². The second-order valence-electron chi connectivity index (χ2n) is 4.47. The molecule has 0 heterocycles. The molecule has 0 aromatic heterocycles. The SMILES string of the molecule is N#CC(COCc1ccccc1)NC(=O)C1CC1. The normalized spacial score (nSPS) is 15.7. The van der Waals surface area contributed by atoms with Crippen LogP contribution in [0.1, 0.15) is 18.4 Å². The molecule has 1 saturated carbocycles. The highest BCUT2D eigenvalue weighted by Gasteiger charge is 2.30. The number of nitrogens with zero attached hydrogens (tertiary/aromatic N) is 1. The molecule has 0 saturated heterocycles. The maximum absolute atomic E-state index is 11.5. The fraction of sp³-hybridized carbons (Fsp3) is 0.429. The molecule has 18 heavy (non-hydrogen) atoms. The van der Waals surface area contributed by atoms with Crippen LogP contribution in [0.3, 0.4) is 0 Å². The van der Waals surface area contributed by atoms with Gasteiger partial charge >= 0.3 is 0 Å². The summed E-state index contributed by atoms with van der Waals surface area (Å²) in [6.45, 7) is 0.683. The van der Waals surface area contributed by atoms with Crippen LogP contribution in [-0.2, 0) is 16.1 Å². The van der Waals surface area contributed by atoms with Gasteiger partial charge in [0, 0.05) is 5.92 Å². The van der Waals surface area contributed by atoms with Crippen molar-refractivity contribution in [1.29, 1.82) is 5.26 Å². The fourth-order valence-electron chi connectivity index (χ4n) is 1.62. The van der Waals surface area contributed by atoms with Crippen molar-refractivity contribution in [1.82, 2.24) is 5.32 Å². The van der Waals surface area contributed by atoms with E-state index in [0.29, 0.717) is 6.61 Å². The van der Waals surface area contributed by atoms with Crippen LogP contribution in [-0.4, -0.2) is 18.6 Å². The monoisotopic (exact) mass is 244 g/mol. The minimum Gasteiger partial charge on any atom is -0.374 e. The van der Waals surface area contributed by atoms with Crippen LogP contribution < -0.4 is 5.32 Å². The fourth-order valence-corrected chi connectivity index (χ4v) is 1.62. The van der Waals surface area contributed by atoms with E-state index in [1.165, 1.54) is 0 Å². The van der Waals surface area contributed by atoms with Gasteiger partial charge in [-0.05, 0) is 18.4 Å². The summed E-state index contributed by atoms with van der Waals surface area (Å²) in [6, 6.07) is 11.2. The maximum Gasteiger partial charge on any atom is 0.224 e. The highest BCUT2D eigenvalue weighted by atomic mass is 16.5. The second kappa shape index (κ2) is 6.18. The molecule has 0 aliphatic heterocycles. The van der Waals surface area contributed by atoms with Gasteiger partial charge in [0.25, 0.3) is 0 Å². The Balaban J connectivity index is 1.70. The van der Waals surface area contributed by atoms with Crippen molar-refractivity contribution < 1.29 is 9.53 Å². The van der Waals surface area contributed by atoms with Gasteiger partial charge in [-0.2, -0.15) is 5.26 Å². The largest absolute Gasteiger partial charge is 0.374 e. The van der Waals surface area contributed by atoms with Gasteiger partial charge in [0.15, 0.2) is 0 Å². The van der Waals surface area contributed by atoms with Crippen LogP contribution in [0, 0.1) is 17.2 Å². The van der Waals surface area contributed by atoms with Crippen LogP contribution in [0.2, 0.25) is 0 Å². The zero-order valence-corrected chi connectivity index (χ0v) is 10.1. The van der Waals surface area contributed by atoms with Gasteiger partial charge in [0.1, 0.15) is 6.04 Å². The number of carbonyl (C=O) groups excluding carboxylic acids is 1. The lowest BCUT2D eigenvalue weighted by Crippen LogP contribution is -2.38. The average molecular weight is 244 g/mol. The van der Waals surface area contributed by atoms with Gasteiger partial charge in [-0.15, -0.1) is 0 Å². The lowest BCUT2D eigenvalue weighted by Gasteiger charge is -2.11. The van der Waals surface area contributed by atoms with E-state index < -0.39 is 6.04 Å². The maximum atomic E-state index is 11.5. The molecule has 1 aliphatic rings. The first-order chi connectivity index (χ1) is 8.79. The first-order valence-electron chi connectivity index (χ1n) is 6.11. The number of nitriles is 1. The van der Waals surface area contributed by atoms with Crippen LogP contribution in [0.15, 0.2) is 30.3 Å². The molecule has 1 aromatic carbocycles. The summed E-state index contributed by atoms with van der Waals surface area (Å²) >= 11 is 0. The number of amides is 1. The number of hydrogen-bond donors (Lipinski definition) is 1. The highest BCUT2D eigenvalue weighted by Crippen LogP contribution is 2.28. The van der Waals surface area contributed by atoms with E-state index in [-0.39, 0.29) is 18.4 Å². The van der Waals surface area contributed by atoms with Gasteiger partial charge in [0.2, 0.25) is 5.91 Å². The van der Waals surface area contributed by atoms with Gasteiger partial charge in [0.05, 0.1) is 19.3 Å². The number of carbonyl (C=O) groups is 1. The molecule has 0 spiro atoms. The standard InChI is InChI=1S/C14H16N2O2/c15-8-13(16-14(17)12-6-7-12)10-18-9-11-4-2-1-3-5-11/h1-5,12-13H,6-7,9-10H2,(H,16,17). The van der Waals surface area contributed by atoms with E-state index in [1.54, 1.807) is 0 Å². The molecule has 1 unspecified atom stereocenters. The topological polar surface area (TPSA) is 62.1 Å². The number of hydrogen-bond acceptors (Lipinski definition) is 3. The smallest absolute Gasteiger partial charge is 0.224 e. The predicted octanol–water partition coefficient (Wildman–Crippen LogP) is 1.62. The molecule has 0 bridgehead atoms.